The van der Waals surface area contributed by atoms with Crippen molar-refractivity contribution in [3.63, 3.8) is 0 Å². The van der Waals surface area contributed by atoms with E-state index in [4.69, 9.17) is 9.84 Å². The average molecular weight is 545 g/mol. The van der Waals surface area contributed by atoms with Gasteiger partial charge in [0.05, 0.1) is 6.54 Å². The fraction of sp³-hybridized carbons (Fsp3) is 0.160. The van der Waals surface area contributed by atoms with Crippen molar-refractivity contribution >= 4 is 39.6 Å². The van der Waals surface area contributed by atoms with Crippen LogP contribution in [0.25, 0.3) is 11.1 Å². The summed E-state index contributed by atoms with van der Waals surface area (Å²) in [5, 5.41) is 12.9. The Hall–Kier alpha value is -3.79. The van der Waals surface area contributed by atoms with E-state index >= 15 is 0 Å². The maximum Gasteiger partial charge on any atom is 0.411 e. The minimum atomic E-state index is -4.11. The molecular weight excluding hydrogens is 526 g/mol. The minimum absolute atomic E-state index is 0.0606. The largest absolute Gasteiger partial charge is 0.477 e. The van der Waals surface area contributed by atoms with Crippen molar-refractivity contribution in [3.8, 4) is 11.1 Å². The van der Waals surface area contributed by atoms with E-state index in [-0.39, 0.29) is 23.8 Å². The number of alkyl halides is 2. The Labute approximate surface area is 207 Å². The normalized spacial score (nSPS) is 12.4. The van der Waals surface area contributed by atoms with Gasteiger partial charge in [-0.1, -0.05) is 64.5 Å². The number of ether oxygens (including phenoxy) is 1. The lowest BCUT2D eigenvalue weighted by Crippen LogP contribution is -2.42. The van der Waals surface area contributed by atoms with Gasteiger partial charge in [0.15, 0.2) is 0 Å². The van der Waals surface area contributed by atoms with Gasteiger partial charge in [-0.25, -0.2) is 9.59 Å². The highest BCUT2D eigenvalue weighted by Crippen LogP contribution is 2.44. The topological polar surface area (TPSA) is 105 Å². The summed E-state index contributed by atoms with van der Waals surface area (Å²) in [4.78, 5) is 35.3. The molecule has 1 aliphatic rings. The number of nitrogens with one attached hydrogen (secondary N) is 2. The van der Waals surface area contributed by atoms with Crippen LogP contribution in [0.4, 0.5) is 19.3 Å². The number of aliphatic carboxylic acids is 1. The molecule has 0 heterocycles. The summed E-state index contributed by atoms with van der Waals surface area (Å²) in [6.45, 7) is -1.28. The van der Waals surface area contributed by atoms with Crippen LogP contribution < -0.4 is 10.6 Å². The molecule has 4 rings (SSSR count). The molecule has 0 aliphatic heterocycles. The number of hydrogen-bond donors (Lipinski definition) is 3. The number of anilines is 1. The minimum Gasteiger partial charge on any atom is -0.477 e. The maximum atomic E-state index is 13.3. The number of carboxylic acid groups (broad SMARTS) is 1. The number of hydrogen-bond acceptors (Lipinski definition) is 4. The van der Waals surface area contributed by atoms with Gasteiger partial charge in [-0.2, -0.15) is 8.78 Å². The second-order valence-electron chi connectivity index (χ2n) is 7.87. The van der Waals surface area contributed by atoms with E-state index in [1.54, 1.807) is 0 Å². The summed E-state index contributed by atoms with van der Waals surface area (Å²) < 4.78 is 32.4. The summed E-state index contributed by atoms with van der Waals surface area (Å²) >= 11 is 3.20. The van der Waals surface area contributed by atoms with Crippen molar-refractivity contribution in [2.75, 3.05) is 18.5 Å². The van der Waals surface area contributed by atoms with E-state index in [1.165, 1.54) is 18.2 Å². The number of amides is 2. The molecule has 0 saturated carbocycles. The van der Waals surface area contributed by atoms with Crippen LogP contribution in [0, 0.1) is 0 Å². The van der Waals surface area contributed by atoms with Gasteiger partial charge >= 0.3 is 18.0 Å². The fourth-order valence-electron chi connectivity index (χ4n) is 3.91. The maximum absolute atomic E-state index is 13.3. The predicted molar refractivity (Wildman–Crippen MR) is 128 cm³/mol. The Morgan fingerprint density at radius 3 is 2.17 bits per heavy atom. The molecule has 10 heteroatoms. The van der Waals surface area contributed by atoms with Gasteiger partial charge in [-0.05, 0) is 40.5 Å². The summed E-state index contributed by atoms with van der Waals surface area (Å²) in [5.74, 6) is -7.51. The van der Waals surface area contributed by atoms with Crippen LogP contribution in [-0.4, -0.2) is 42.2 Å². The molecule has 3 aromatic rings. The highest BCUT2D eigenvalue weighted by Gasteiger charge is 2.39. The van der Waals surface area contributed by atoms with E-state index < -0.39 is 30.4 Å². The molecule has 0 bridgehead atoms. The highest BCUT2D eigenvalue weighted by atomic mass is 79.9. The number of fused-ring (bicyclic) bond motifs is 3. The smallest absolute Gasteiger partial charge is 0.411 e. The first kappa shape index (κ1) is 24.3. The molecule has 0 radical (unpaired) electrons. The second kappa shape index (κ2) is 9.83. The van der Waals surface area contributed by atoms with Crippen molar-refractivity contribution in [3.05, 3.63) is 87.9 Å². The molecule has 0 saturated heterocycles. The summed E-state index contributed by atoms with van der Waals surface area (Å²) in [7, 11) is 0. The van der Waals surface area contributed by atoms with Crippen LogP contribution >= 0.6 is 15.9 Å². The van der Waals surface area contributed by atoms with Crippen molar-refractivity contribution in [2.24, 2.45) is 0 Å². The van der Waals surface area contributed by atoms with Crippen molar-refractivity contribution in [1.29, 1.82) is 0 Å². The molecule has 3 N–H and O–H groups in total. The second-order valence-corrected chi connectivity index (χ2v) is 8.79. The Kier molecular flexibility index (Phi) is 6.83. The highest BCUT2D eigenvalue weighted by molar-refractivity contribution is 9.10. The van der Waals surface area contributed by atoms with Gasteiger partial charge in [0.25, 0.3) is 5.91 Å². The SMILES string of the molecule is O=C(Nc1cc(Br)cc(C(=O)NCC(F)(F)C(=O)O)c1)OCC1c2ccccc2-c2ccccc21. The van der Waals surface area contributed by atoms with Gasteiger partial charge in [-0.15, -0.1) is 0 Å². The monoisotopic (exact) mass is 544 g/mol. The molecular formula is C25H19BrF2N2O5. The first-order valence-corrected chi connectivity index (χ1v) is 11.3. The molecule has 2 amide bonds. The third-order valence-corrected chi connectivity index (χ3v) is 5.99. The first-order chi connectivity index (χ1) is 16.7. The molecule has 3 aromatic carbocycles. The van der Waals surface area contributed by atoms with Gasteiger partial charge in [0.1, 0.15) is 6.61 Å². The number of carboxylic acids is 1. The van der Waals surface area contributed by atoms with Crippen molar-refractivity contribution in [1.82, 2.24) is 5.32 Å². The molecule has 180 valence electrons. The molecule has 7 nitrogen and oxygen atoms in total. The molecule has 1 aliphatic carbocycles. The van der Waals surface area contributed by atoms with Gasteiger partial charge in [-0.3, -0.25) is 10.1 Å². The quantitative estimate of drug-likeness (QED) is 0.376. The van der Waals surface area contributed by atoms with Gasteiger partial charge < -0.3 is 15.2 Å². The first-order valence-electron chi connectivity index (χ1n) is 10.5. The van der Waals surface area contributed by atoms with Crippen molar-refractivity contribution in [2.45, 2.75) is 11.8 Å². The molecule has 0 spiro atoms. The number of halogens is 3. The van der Waals surface area contributed by atoms with Crippen LogP contribution in [0.5, 0.6) is 0 Å². The van der Waals surface area contributed by atoms with Gasteiger partial charge in [0.2, 0.25) is 0 Å². The number of rotatable bonds is 7. The third-order valence-electron chi connectivity index (χ3n) is 5.53. The predicted octanol–water partition coefficient (Wildman–Crippen LogP) is 5.26. The zero-order chi connectivity index (χ0) is 25.2. The van der Waals surface area contributed by atoms with Crippen LogP contribution in [0.1, 0.15) is 27.4 Å². The molecule has 0 atom stereocenters. The third kappa shape index (κ3) is 5.32. The summed E-state index contributed by atoms with van der Waals surface area (Å²) in [5.41, 5.74) is 4.42. The lowest BCUT2D eigenvalue weighted by molar-refractivity contribution is -0.163. The molecule has 0 aromatic heterocycles. The Morgan fingerprint density at radius 1 is 0.971 bits per heavy atom. The molecule has 35 heavy (non-hydrogen) atoms. The number of carbonyl (C=O) groups is 3. The lowest BCUT2D eigenvalue weighted by atomic mass is 9.98. The Bertz CT molecular complexity index is 1270. The van der Waals surface area contributed by atoms with Gasteiger partial charge in [0, 0.05) is 21.6 Å². The summed E-state index contributed by atoms with van der Waals surface area (Å²) in [6.07, 6.45) is -0.756. The summed E-state index contributed by atoms with van der Waals surface area (Å²) in [6, 6.07) is 19.9. The van der Waals surface area contributed by atoms with E-state index in [9.17, 15) is 23.2 Å². The molecule has 0 fully saturated rings. The van der Waals surface area contributed by atoms with E-state index in [2.05, 4.69) is 21.2 Å². The van der Waals surface area contributed by atoms with Crippen LogP contribution in [0.3, 0.4) is 0 Å². The van der Waals surface area contributed by atoms with Crippen molar-refractivity contribution < 1.29 is 33.0 Å². The molecule has 0 unspecified atom stereocenters. The van der Waals surface area contributed by atoms with E-state index in [0.717, 1.165) is 22.3 Å². The fourth-order valence-corrected chi connectivity index (χ4v) is 4.41. The zero-order valence-corrected chi connectivity index (χ0v) is 19.6. The van der Waals surface area contributed by atoms with Crippen LogP contribution in [0.15, 0.2) is 71.2 Å². The number of carbonyl (C=O) groups excluding carboxylic acids is 2. The number of benzene rings is 3. The standard InChI is InChI=1S/C25H19BrF2N2O5/c26-15-9-14(22(31)29-13-25(27,28)23(32)33)10-16(11-15)30-24(34)35-12-21-19-7-3-1-5-17(19)18-6-2-4-8-20(18)21/h1-11,21H,12-13H2,(H,29,31)(H,30,34)(H,32,33). The Morgan fingerprint density at radius 2 is 1.57 bits per heavy atom. The van der Waals surface area contributed by atoms with E-state index in [1.807, 2.05) is 53.8 Å². The van der Waals surface area contributed by atoms with E-state index in [0.29, 0.717) is 4.47 Å². The zero-order valence-electron chi connectivity index (χ0n) is 18.1. The van der Waals surface area contributed by atoms with Crippen LogP contribution in [0.2, 0.25) is 0 Å². The Balaban J connectivity index is 1.41. The van der Waals surface area contributed by atoms with Crippen LogP contribution in [-0.2, 0) is 9.53 Å². The lowest BCUT2D eigenvalue weighted by Gasteiger charge is -2.15. The average Bonchev–Trinajstić information content (AvgIpc) is 3.14.